The zero-order valence-electron chi connectivity index (χ0n) is 13.6. The van der Waals surface area contributed by atoms with Crippen molar-refractivity contribution in [2.45, 2.75) is 20.8 Å². The molecule has 0 saturated heterocycles. The second kappa shape index (κ2) is 6.48. The highest BCUT2D eigenvalue weighted by atomic mass is 15.1. The standard InChI is InChI=1S/C19H20N4/c1-13-9-10-17(11-14(13)2)23-19-12-18(20-15(3)21-19)22-16-7-5-4-6-8-16/h4-12H,1-3H3,(H2,20,21,22,23). The van der Waals surface area contributed by atoms with Crippen molar-refractivity contribution in [3.05, 3.63) is 71.5 Å². The number of nitrogens with one attached hydrogen (secondary N) is 2. The van der Waals surface area contributed by atoms with Gasteiger partial charge in [-0.1, -0.05) is 24.3 Å². The minimum absolute atomic E-state index is 0.720. The average Bonchev–Trinajstić information content (AvgIpc) is 2.51. The molecule has 0 aliphatic rings. The molecular weight excluding hydrogens is 284 g/mol. The van der Waals surface area contributed by atoms with Crippen molar-refractivity contribution >= 4 is 23.0 Å². The average molecular weight is 304 g/mol. The first-order valence-corrected chi connectivity index (χ1v) is 7.62. The van der Waals surface area contributed by atoms with E-state index in [4.69, 9.17) is 0 Å². The van der Waals surface area contributed by atoms with Crippen LogP contribution in [0.15, 0.2) is 54.6 Å². The van der Waals surface area contributed by atoms with Crippen molar-refractivity contribution in [3.63, 3.8) is 0 Å². The summed E-state index contributed by atoms with van der Waals surface area (Å²) in [6.45, 7) is 6.10. The van der Waals surface area contributed by atoms with E-state index in [1.54, 1.807) is 0 Å². The van der Waals surface area contributed by atoms with E-state index in [9.17, 15) is 0 Å². The summed E-state index contributed by atoms with van der Waals surface area (Å²) in [4.78, 5) is 8.90. The Labute approximate surface area is 136 Å². The third-order valence-electron chi connectivity index (χ3n) is 3.66. The molecule has 23 heavy (non-hydrogen) atoms. The van der Waals surface area contributed by atoms with Gasteiger partial charge in [-0.05, 0) is 56.2 Å². The van der Waals surface area contributed by atoms with E-state index < -0.39 is 0 Å². The van der Waals surface area contributed by atoms with Crippen LogP contribution >= 0.6 is 0 Å². The van der Waals surface area contributed by atoms with Crippen LogP contribution in [0.1, 0.15) is 17.0 Å². The van der Waals surface area contributed by atoms with Gasteiger partial charge in [0.25, 0.3) is 0 Å². The molecule has 2 aromatic carbocycles. The van der Waals surface area contributed by atoms with E-state index in [1.165, 1.54) is 11.1 Å². The van der Waals surface area contributed by atoms with Gasteiger partial charge in [0, 0.05) is 17.4 Å². The second-order valence-electron chi connectivity index (χ2n) is 5.60. The lowest BCUT2D eigenvalue weighted by molar-refractivity contribution is 1.06. The van der Waals surface area contributed by atoms with Crippen molar-refractivity contribution in [3.8, 4) is 0 Å². The lowest BCUT2D eigenvalue weighted by Crippen LogP contribution is -2.01. The fraction of sp³-hybridized carbons (Fsp3) is 0.158. The van der Waals surface area contributed by atoms with Gasteiger partial charge in [-0.3, -0.25) is 0 Å². The van der Waals surface area contributed by atoms with Crippen LogP contribution in [-0.4, -0.2) is 9.97 Å². The van der Waals surface area contributed by atoms with E-state index >= 15 is 0 Å². The summed E-state index contributed by atoms with van der Waals surface area (Å²) in [7, 11) is 0. The van der Waals surface area contributed by atoms with Crippen LogP contribution in [-0.2, 0) is 0 Å². The van der Waals surface area contributed by atoms with Crippen molar-refractivity contribution in [1.29, 1.82) is 0 Å². The highest BCUT2D eigenvalue weighted by Gasteiger charge is 2.04. The van der Waals surface area contributed by atoms with Gasteiger partial charge in [0.05, 0.1) is 0 Å². The largest absolute Gasteiger partial charge is 0.340 e. The van der Waals surface area contributed by atoms with Gasteiger partial charge in [-0.25, -0.2) is 9.97 Å². The Bertz CT molecular complexity index is 813. The van der Waals surface area contributed by atoms with Crippen molar-refractivity contribution < 1.29 is 0 Å². The number of anilines is 4. The lowest BCUT2D eigenvalue weighted by atomic mass is 10.1. The van der Waals surface area contributed by atoms with Crippen molar-refractivity contribution in [2.75, 3.05) is 10.6 Å². The Morgan fingerprint density at radius 1 is 0.652 bits per heavy atom. The van der Waals surface area contributed by atoms with Gasteiger partial charge in [0.2, 0.25) is 0 Å². The molecule has 4 nitrogen and oxygen atoms in total. The van der Waals surface area contributed by atoms with Crippen molar-refractivity contribution in [2.24, 2.45) is 0 Å². The summed E-state index contributed by atoms with van der Waals surface area (Å²) < 4.78 is 0. The molecule has 1 aromatic heterocycles. The van der Waals surface area contributed by atoms with Gasteiger partial charge in [0.1, 0.15) is 17.5 Å². The van der Waals surface area contributed by atoms with Gasteiger partial charge in [0.15, 0.2) is 0 Å². The van der Waals surface area contributed by atoms with Crippen LogP contribution in [0.2, 0.25) is 0 Å². The minimum Gasteiger partial charge on any atom is -0.340 e. The van der Waals surface area contributed by atoms with Gasteiger partial charge in [-0.2, -0.15) is 0 Å². The fourth-order valence-corrected chi connectivity index (χ4v) is 2.33. The molecule has 0 aliphatic carbocycles. The maximum Gasteiger partial charge on any atom is 0.136 e. The predicted molar refractivity (Wildman–Crippen MR) is 95.7 cm³/mol. The summed E-state index contributed by atoms with van der Waals surface area (Å²) >= 11 is 0. The molecule has 0 saturated carbocycles. The van der Waals surface area contributed by atoms with Gasteiger partial charge < -0.3 is 10.6 Å². The zero-order valence-corrected chi connectivity index (χ0v) is 13.6. The van der Waals surface area contributed by atoms with Crippen LogP contribution in [0.5, 0.6) is 0 Å². The molecule has 2 N–H and O–H groups in total. The van der Waals surface area contributed by atoms with Gasteiger partial charge >= 0.3 is 0 Å². The molecule has 0 spiro atoms. The highest BCUT2D eigenvalue weighted by Crippen LogP contribution is 2.21. The topological polar surface area (TPSA) is 49.8 Å². The van der Waals surface area contributed by atoms with E-state index in [1.807, 2.05) is 43.3 Å². The normalized spacial score (nSPS) is 10.4. The fourth-order valence-electron chi connectivity index (χ4n) is 2.33. The van der Waals surface area contributed by atoms with E-state index in [0.717, 1.165) is 28.8 Å². The Kier molecular flexibility index (Phi) is 4.24. The second-order valence-corrected chi connectivity index (χ2v) is 5.60. The first kappa shape index (κ1) is 15.0. The lowest BCUT2D eigenvalue weighted by Gasteiger charge is -2.11. The summed E-state index contributed by atoms with van der Waals surface area (Å²) in [6.07, 6.45) is 0. The summed E-state index contributed by atoms with van der Waals surface area (Å²) in [5, 5.41) is 6.65. The molecule has 0 fully saturated rings. The third-order valence-corrected chi connectivity index (χ3v) is 3.66. The van der Waals surface area contributed by atoms with Crippen LogP contribution in [0.4, 0.5) is 23.0 Å². The monoisotopic (exact) mass is 304 g/mol. The molecule has 3 rings (SSSR count). The Balaban J connectivity index is 1.83. The molecule has 0 unspecified atom stereocenters. The molecule has 0 atom stereocenters. The Morgan fingerprint density at radius 2 is 1.30 bits per heavy atom. The van der Waals surface area contributed by atoms with Crippen LogP contribution < -0.4 is 10.6 Å². The number of para-hydroxylation sites is 1. The minimum atomic E-state index is 0.720. The van der Waals surface area contributed by atoms with E-state index in [-0.39, 0.29) is 0 Å². The summed E-state index contributed by atoms with van der Waals surface area (Å²) in [5.74, 6) is 2.27. The zero-order chi connectivity index (χ0) is 16.2. The smallest absolute Gasteiger partial charge is 0.136 e. The highest BCUT2D eigenvalue weighted by molar-refractivity contribution is 5.63. The molecule has 0 bridgehead atoms. The van der Waals surface area contributed by atoms with E-state index in [2.05, 4.69) is 52.6 Å². The summed E-state index contributed by atoms with van der Waals surface area (Å²) in [6, 6.07) is 18.2. The maximum atomic E-state index is 4.46. The number of nitrogens with zero attached hydrogens (tertiary/aromatic N) is 2. The molecule has 1 heterocycles. The number of rotatable bonds is 4. The summed E-state index contributed by atoms with van der Waals surface area (Å²) in [5.41, 5.74) is 4.56. The number of hydrogen-bond acceptors (Lipinski definition) is 4. The molecule has 3 aromatic rings. The molecule has 0 aliphatic heterocycles. The molecular formula is C19H20N4. The van der Waals surface area contributed by atoms with E-state index in [0.29, 0.717) is 0 Å². The van der Waals surface area contributed by atoms with Crippen molar-refractivity contribution in [1.82, 2.24) is 9.97 Å². The molecule has 116 valence electrons. The SMILES string of the molecule is Cc1nc(Nc2ccccc2)cc(Nc2ccc(C)c(C)c2)n1. The predicted octanol–water partition coefficient (Wildman–Crippen LogP) is 4.89. The Hall–Kier alpha value is -2.88. The van der Waals surface area contributed by atoms with Gasteiger partial charge in [-0.15, -0.1) is 0 Å². The maximum absolute atomic E-state index is 4.46. The quantitative estimate of drug-likeness (QED) is 0.720. The Morgan fingerprint density at radius 3 is 1.96 bits per heavy atom. The van der Waals surface area contributed by atoms with Crippen LogP contribution in [0.3, 0.4) is 0 Å². The first-order valence-electron chi connectivity index (χ1n) is 7.62. The molecule has 0 amide bonds. The number of hydrogen-bond donors (Lipinski definition) is 2. The number of aryl methyl sites for hydroxylation is 3. The number of aromatic nitrogens is 2. The first-order chi connectivity index (χ1) is 11.1. The third kappa shape index (κ3) is 3.86. The molecule has 0 radical (unpaired) electrons. The van der Waals surface area contributed by atoms with Crippen LogP contribution in [0, 0.1) is 20.8 Å². The molecule has 4 heteroatoms. The number of benzene rings is 2. The van der Waals surface area contributed by atoms with Crippen LogP contribution in [0.25, 0.3) is 0 Å².